The summed E-state index contributed by atoms with van der Waals surface area (Å²) in [7, 11) is 0. The largest absolute Gasteiger partial charge is 0.392 e. The van der Waals surface area contributed by atoms with Crippen LogP contribution in [-0.2, 0) is 6.61 Å². The van der Waals surface area contributed by atoms with Gasteiger partial charge in [-0.2, -0.15) is 0 Å². The monoisotopic (exact) mass is 327 g/mol. The van der Waals surface area contributed by atoms with E-state index < -0.39 is 0 Å². The minimum Gasteiger partial charge on any atom is -0.392 e. The number of aliphatic hydroxyl groups is 1. The molecular weight excluding hydrogens is 306 g/mol. The lowest BCUT2D eigenvalue weighted by Crippen LogP contribution is -1.91. The maximum atomic E-state index is 9.58. The topological polar surface area (TPSA) is 25.2 Å². The Hall–Kier alpha value is -2.58. The molecule has 0 aliphatic heterocycles. The van der Waals surface area contributed by atoms with E-state index in [0.717, 1.165) is 23.6 Å². The van der Waals surface area contributed by atoms with Crippen LogP contribution in [0.2, 0.25) is 0 Å². The van der Waals surface area contributed by atoms with Crippen LogP contribution in [-0.4, -0.2) is 9.67 Å². The van der Waals surface area contributed by atoms with Crippen LogP contribution < -0.4 is 0 Å². The number of hydrogen-bond acceptors (Lipinski definition) is 1. The maximum Gasteiger partial charge on any atom is 0.0687 e. The molecule has 0 atom stereocenters. The molecule has 1 N–H and O–H groups in total. The maximum absolute atomic E-state index is 9.58. The average molecular weight is 327 g/mol. The fourth-order valence-electron chi connectivity index (χ4n) is 3.89. The van der Waals surface area contributed by atoms with Crippen molar-refractivity contribution in [2.24, 2.45) is 0 Å². The van der Waals surface area contributed by atoms with Crippen molar-refractivity contribution >= 4 is 22.0 Å². The Balaban J connectivity index is 1.49. The Labute approximate surface area is 147 Å². The van der Waals surface area contributed by atoms with Gasteiger partial charge in [-0.05, 0) is 65.3 Å². The highest BCUT2D eigenvalue weighted by molar-refractivity contribution is 5.92. The second kappa shape index (κ2) is 5.75. The van der Waals surface area contributed by atoms with Crippen molar-refractivity contribution in [3.63, 3.8) is 0 Å². The molecule has 124 valence electrons. The van der Waals surface area contributed by atoms with Gasteiger partial charge in [-0.25, -0.2) is 0 Å². The summed E-state index contributed by atoms with van der Waals surface area (Å²) < 4.78 is 2.42. The lowest BCUT2D eigenvalue weighted by Gasteiger charge is -2.07. The molecule has 1 saturated carbocycles. The minimum absolute atomic E-state index is 0.0807. The Kier molecular flexibility index (Phi) is 3.39. The van der Waals surface area contributed by atoms with Crippen molar-refractivity contribution < 1.29 is 5.11 Å². The number of aromatic nitrogens is 1. The van der Waals surface area contributed by atoms with Crippen LogP contribution in [0.25, 0.3) is 22.0 Å². The second-order valence-electron chi connectivity index (χ2n) is 7.08. The summed E-state index contributed by atoms with van der Waals surface area (Å²) >= 11 is 0. The van der Waals surface area contributed by atoms with Crippen LogP contribution in [0.3, 0.4) is 0 Å². The summed E-state index contributed by atoms with van der Waals surface area (Å²) in [5.41, 5.74) is 7.35. The Morgan fingerprint density at radius 2 is 1.92 bits per heavy atom. The summed E-state index contributed by atoms with van der Waals surface area (Å²) in [5.74, 6) is 0. The summed E-state index contributed by atoms with van der Waals surface area (Å²) in [4.78, 5) is 0. The molecular formula is C23H21NO. The molecule has 1 fully saturated rings. The van der Waals surface area contributed by atoms with Crippen molar-refractivity contribution in [3.05, 3.63) is 83.6 Å². The molecule has 0 unspecified atom stereocenters. The molecule has 0 radical (unpaired) electrons. The molecule has 5 rings (SSSR count). The van der Waals surface area contributed by atoms with Crippen molar-refractivity contribution in [3.8, 4) is 0 Å². The van der Waals surface area contributed by atoms with Crippen molar-refractivity contribution in [2.75, 3.05) is 0 Å². The summed E-state index contributed by atoms with van der Waals surface area (Å²) in [6, 6.07) is 17.9. The molecule has 1 heterocycles. The lowest BCUT2D eigenvalue weighted by molar-refractivity contribution is 0.281. The van der Waals surface area contributed by atoms with Crippen LogP contribution in [0.15, 0.2) is 66.9 Å². The van der Waals surface area contributed by atoms with E-state index in [9.17, 15) is 5.11 Å². The van der Waals surface area contributed by atoms with E-state index in [0.29, 0.717) is 0 Å². The number of benzene rings is 2. The third-order valence-electron chi connectivity index (χ3n) is 5.40. The quantitative estimate of drug-likeness (QED) is 0.687. The molecule has 2 heteroatoms. The normalized spacial score (nSPS) is 17.0. The van der Waals surface area contributed by atoms with Crippen molar-refractivity contribution in [2.45, 2.75) is 31.9 Å². The van der Waals surface area contributed by atoms with Gasteiger partial charge in [-0.3, -0.25) is 0 Å². The number of aliphatic hydroxyl groups excluding tert-OH is 1. The second-order valence-corrected chi connectivity index (χ2v) is 7.08. The number of rotatable bonds is 4. The summed E-state index contributed by atoms with van der Waals surface area (Å²) in [5, 5.41) is 10.9. The molecule has 1 aromatic heterocycles. The first-order chi connectivity index (χ1) is 12.3. The third-order valence-corrected chi connectivity index (χ3v) is 5.40. The molecule has 0 bridgehead atoms. The molecule has 0 saturated heterocycles. The van der Waals surface area contributed by atoms with Gasteiger partial charge < -0.3 is 9.67 Å². The minimum atomic E-state index is 0.0807. The van der Waals surface area contributed by atoms with Gasteiger partial charge >= 0.3 is 0 Å². The van der Waals surface area contributed by atoms with Gasteiger partial charge in [-0.15, -0.1) is 0 Å². The highest BCUT2D eigenvalue weighted by Crippen LogP contribution is 2.39. The van der Waals surface area contributed by atoms with E-state index in [4.69, 9.17) is 0 Å². The predicted molar refractivity (Wildman–Crippen MR) is 103 cm³/mol. The number of hydrogen-bond donors (Lipinski definition) is 1. The van der Waals surface area contributed by atoms with Gasteiger partial charge in [0.25, 0.3) is 0 Å². The lowest BCUT2D eigenvalue weighted by atomic mass is 10.00. The number of allylic oxidation sites excluding steroid dienone is 4. The highest BCUT2D eigenvalue weighted by Gasteiger charge is 2.24. The molecule has 0 amide bonds. The van der Waals surface area contributed by atoms with E-state index in [-0.39, 0.29) is 6.61 Å². The van der Waals surface area contributed by atoms with E-state index >= 15 is 0 Å². The summed E-state index contributed by atoms with van der Waals surface area (Å²) in [6.45, 7) is 0.0807. The van der Waals surface area contributed by atoms with E-state index in [1.807, 2.05) is 18.2 Å². The SMILES string of the molecule is OCc1ccccc1C1=CCC(c2ccc3c(ccn3C3CC3)c2)=C1. The van der Waals surface area contributed by atoms with Gasteiger partial charge in [0.05, 0.1) is 6.61 Å². The van der Waals surface area contributed by atoms with Crippen LogP contribution in [0.4, 0.5) is 0 Å². The van der Waals surface area contributed by atoms with Crippen LogP contribution in [0.5, 0.6) is 0 Å². The molecule has 2 aromatic carbocycles. The van der Waals surface area contributed by atoms with Gasteiger partial charge in [0.15, 0.2) is 0 Å². The van der Waals surface area contributed by atoms with Gasteiger partial charge in [0, 0.05) is 23.1 Å². The zero-order valence-electron chi connectivity index (χ0n) is 14.2. The van der Waals surface area contributed by atoms with Gasteiger partial charge in [-0.1, -0.05) is 42.5 Å². The zero-order chi connectivity index (χ0) is 16.8. The van der Waals surface area contributed by atoms with E-state index in [1.54, 1.807) is 0 Å². The molecule has 2 aliphatic rings. The average Bonchev–Trinajstić information content (AvgIpc) is 3.22. The first-order valence-electron chi connectivity index (χ1n) is 9.04. The summed E-state index contributed by atoms with van der Waals surface area (Å²) in [6.07, 6.45) is 10.3. The Morgan fingerprint density at radius 1 is 1.04 bits per heavy atom. The van der Waals surface area contributed by atoms with Crippen LogP contribution >= 0.6 is 0 Å². The molecule has 0 spiro atoms. The standard InChI is InChI=1S/C23H21NO/c25-15-20-3-1-2-4-22(20)18-6-5-16(13-18)17-7-10-23-19(14-17)11-12-24(23)21-8-9-21/h1-4,6-7,10-14,21,25H,5,8-9,15H2. The van der Waals surface area contributed by atoms with Crippen molar-refractivity contribution in [1.29, 1.82) is 0 Å². The fourth-order valence-corrected chi connectivity index (χ4v) is 3.89. The Bertz CT molecular complexity index is 1020. The Morgan fingerprint density at radius 3 is 2.76 bits per heavy atom. The third kappa shape index (κ3) is 2.54. The van der Waals surface area contributed by atoms with Crippen LogP contribution in [0, 0.1) is 0 Å². The van der Waals surface area contributed by atoms with E-state index in [2.05, 4.69) is 53.2 Å². The van der Waals surface area contributed by atoms with Gasteiger partial charge in [0.2, 0.25) is 0 Å². The fraction of sp³-hybridized carbons (Fsp3) is 0.217. The highest BCUT2D eigenvalue weighted by atomic mass is 16.3. The first kappa shape index (κ1) is 14.7. The van der Waals surface area contributed by atoms with Crippen molar-refractivity contribution in [1.82, 2.24) is 4.57 Å². The number of fused-ring (bicyclic) bond motifs is 1. The first-order valence-corrected chi connectivity index (χ1v) is 9.04. The molecule has 2 nitrogen and oxygen atoms in total. The molecule has 3 aromatic rings. The predicted octanol–water partition coefficient (Wildman–Crippen LogP) is 5.34. The number of nitrogens with zero attached hydrogens (tertiary/aromatic N) is 1. The molecule has 2 aliphatic carbocycles. The van der Waals surface area contributed by atoms with Crippen LogP contribution in [0.1, 0.15) is 42.0 Å². The van der Waals surface area contributed by atoms with E-state index in [1.165, 1.54) is 40.5 Å². The zero-order valence-corrected chi connectivity index (χ0v) is 14.2. The van der Waals surface area contributed by atoms with Gasteiger partial charge in [0.1, 0.15) is 0 Å². The molecule has 25 heavy (non-hydrogen) atoms. The smallest absolute Gasteiger partial charge is 0.0687 e.